The van der Waals surface area contributed by atoms with Gasteiger partial charge in [0.2, 0.25) is 15.9 Å². The third-order valence-corrected chi connectivity index (χ3v) is 6.46. The summed E-state index contributed by atoms with van der Waals surface area (Å²) in [5, 5.41) is 3.05. The van der Waals surface area contributed by atoms with Crippen LogP contribution in [0.5, 0.6) is 0 Å². The molecule has 1 aromatic carbocycles. The maximum absolute atomic E-state index is 13.5. The number of piperazine rings is 1. The molecule has 2 aliphatic rings. The molecule has 2 heterocycles. The van der Waals surface area contributed by atoms with Crippen LogP contribution in [0.1, 0.15) is 12.8 Å². The van der Waals surface area contributed by atoms with Crippen molar-refractivity contribution in [3.8, 4) is 0 Å². The van der Waals surface area contributed by atoms with Gasteiger partial charge in [-0.25, -0.2) is 12.8 Å². The smallest absolute Gasteiger partial charge is 0.243 e. The van der Waals surface area contributed by atoms with Crippen LogP contribution in [0.2, 0.25) is 5.02 Å². The number of carbonyl (C=O) groups excluding carboxylic acids is 1. The maximum Gasteiger partial charge on any atom is 0.243 e. The lowest BCUT2D eigenvalue weighted by Gasteiger charge is -2.40. The second-order valence-electron chi connectivity index (χ2n) is 6.03. The molecule has 1 aromatic rings. The fourth-order valence-corrected chi connectivity index (χ4v) is 5.09. The first-order chi connectivity index (χ1) is 11.4. The Morgan fingerprint density at radius 3 is 2.75 bits per heavy atom. The Hall–Kier alpha value is -1.22. The van der Waals surface area contributed by atoms with Crippen molar-refractivity contribution in [1.82, 2.24) is 14.5 Å². The number of hydrogen-bond donors (Lipinski definition) is 1. The lowest BCUT2D eigenvalue weighted by Crippen LogP contribution is -2.57. The normalized spacial score (nSPS) is 23.5. The van der Waals surface area contributed by atoms with E-state index in [1.807, 2.05) is 0 Å². The highest BCUT2D eigenvalue weighted by Crippen LogP contribution is 2.26. The van der Waals surface area contributed by atoms with Gasteiger partial charge in [-0.2, -0.15) is 4.31 Å². The zero-order valence-corrected chi connectivity index (χ0v) is 14.6. The average molecular weight is 376 g/mol. The van der Waals surface area contributed by atoms with Gasteiger partial charge in [0.05, 0.1) is 11.4 Å². The predicted octanol–water partition coefficient (Wildman–Crippen LogP) is 1.06. The van der Waals surface area contributed by atoms with E-state index in [1.54, 1.807) is 4.90 Å². The number of nitrogens with zero attached hydrogens (tertiary/aromatic N) is 2. The SMILES string of the molecule is O=C1CNCCN1C1CCCN(S(=O)(=O)c2cc(F)cc(Cl)c2)C1. The largest absolute Gasteiger partial charge is 0.336 e. The molecule has 2 aliphatic heterocycles. The van der Waals surface area contributed by atoms with Crippen LogP contribution in [0.3, 0.4) is 0 Å². The van der Waals surface area contributed by atoms with Crippen LogP contribution in [0.4, 0.5) is 4.39 Å². The van der Waals surface area contributed by atoms with E-state index in [2.05, 4.69) is 5.32 Å². The average Bonchev–Trinajstić information content (AvgIpc) is 2.54. The minimum atomic E-state index is -3.84. The van der Waals surface area contributed by atoms with Gasteiger partial charge in [0.1, 0.15) is 5.82 Å². The minimum Gasteiger partial charge on any atom is -0.336 e. The number of rotatable bonds is 3. The molecule has 24 heavy (non-hydrogen) atoms. The number of piperidine rings is 1. The van der Waals surface area contributed by atoms with Gasteiger partial charge >= 0.3 is 0 Å². The first-order valence-electron chi connectivity index (χ1n) is 7.84. The first-order valence-corrected chi connectivity index (χ1v) is 9.66. The number of carbonyl (C=O) groups is 1. The molecule has 132 valence electrons. The Morgan fingerprint density at radius 1 is 1.25 bits per heavy atom. The number of halogens is 2. The van der Waals surface area contributed by atoms with Crippen LogP contribution < -0.4 is 5.32 Å². The Kier molecular flexibility index (Phi) is 5.10. The van der Waals surface area contributed by atoms with Crippen molar-refractivity contribution >= 4 is 27.5 Å². The molecule has 1 amide bonds. The van der Waals surface area contributed by atoms with Crippen LogP contribution in [0.25, 0.3) is 0 Å². The number of hydrogen-bond acceptors (Lipinski definition) is 4. The van der Waals surface area contributed by atoms with Crippen molar-refractivity contribution < 1.29 is 17.6 Å². The van der Waals surface area contributed by atoms with E-state index < -0.39 is 15.8 Å². The standard InChI is InChI=1S/C15H19ClFN3O3S/c16-11-6-12(17)8-14(7-11)24(22,23)19-4-1-2-13(10-19)20-5-3-18-9-15(20)21/h6-8,13,18H,1-5,9-10H2. The molecule has 1 N–H and O–H groups in total. The third-order valence-electron chi connectivity index (χ3n) is 4.40. The molecule has 0 saturated carbocycles. The summed E-state index contributed by atoms with van der Waals surface area (Å²) < 4.78 is 40.4. The highest BCUT2D eigenvalue weighted by atomic mass is 35.5. The van der Waals surface area contributed by atoms with Crippen LogP contribution in [-0.4, -0.2) is 62.3 Å². The first kappa shape index (κ1) is 17.6. The zero-order valence-electron chi connectivity index (χ0n) is 13.0. The molecular formula is C15H19ClFN3O3S. The van der Waals surface area contributed by atoms with Crippen LogP contribution in [0, 0.1) is 5.82 Å². The molecule has 6 nitrogen and oxygen atoms in total. The van der Waals surface area contributed by atoms with E-state index in [0.717, 1.165) is 18.6 Å². The van der Waals surface area contributed by atoms with E-state index in [0.29, 0.717) is 26.1 Å². The summed E-state index contributed by atoms with van der Waals surface area (Å²) in [5.41, 5.74) is 0. The monoisotopic (exact) mass is 375 g/mol. The topological polar surface area (TPSA) is 69.7 Å². The Labute approximate surface area is 145 Å². The number of benzene rings is 1. The zero-order chi connectivity index (χ0) is 17.3. The predicted molar refractivity (Wildman–Crippen MR) is 87.8 cm³/mol. The van der Waals surface area contributed by atoms with Crippen molar-refractivity contribution in [3.63, 3.8) is 0 Å². The van der Waals surface area contributed by atoms with Crippen LogP contribution in [0.15, 0.2) is 23.1 Å². The molecule has 2 fully saturated rings. The van der Waals surface area contributed by atoms with Gasteiger partial charge < -0.3 is 10.2 Å². The summed E-state index contributed by atoms with van der Waals surface area (Å²) in [7, 11) is -3.84. The van der Waals surface area contributed by atoms with E-state index >= 15 is 0 Å². The quantitative estimate of drug-likeness (QED) is 0.857. The molecule has 1 atom stereocenters. The molecular weight excluding hydrogens is 357 g/mol. The lowest BCUT2D eigenvalue weighted by atomic mass is 10.1. The summed E-state index contributed by atoms with van der Waals surface area (Å²) in [4.78, 5) is 13.6. The fourth-order valence-electron chi connectivity index (χ4n) is 3.23. The lowest BCUT2D eigenvalue weighted by molar-refractivity contribution is -0.135. The van der Waals surface area contributed by atoms with E-state index in [1.165, 1.54) is 10.4 Å². The van der Waals surface area contributed by atoms with Crippen molar-refractivity contribution in [2.75, 3.05) is 32.7 Å². The Balaban J connectivity index is 1.81. The van der Waals surface area contributed by atoms with Crippen LogP contribution in [-0.2, 0) is 14.8 Å². The molecule has 0 aromatic heterocycles. The van der Waals surface area contributed by atoms with E-state index in [-0.39, 0.29) is 35.0 Å². The summed E-state index contributed by atoms with van der Waals surface area (Å²) in [6, 6.07) is 3.14. The van der Waals surface area contributed by atoms with Crippen molar-refractivity contribution in [1.29, 1.82) is 0 Å². The highest BCUT2D eigenvalue weighted by molar-refractivity contribution is 7.89. The second-order valence-corrected chi connectivity index (χ2v) is 8.40. The molecule has 1 unspecified atom stereocenters. The summed E-state index contributed by atoms with van der Waals surface area (Å²) in [6.45, 7) is 2.13. The van der Waals surface area contributed by atoms with Gasteiger partial charge in [0.15, 0.2) is 0 Å². The van der Waals surface area contributed by atoms with Crippen molar-refractivity contribution in [3.05, 3.63) is 29.0 Å². The molecule has 3 rings (SSSR count). The number of nitrogens with one attached hydrogen (secondary N) is 1. The molecule has 0 radical (unpaired) electrons. The second kappa shape index (κ2) is 6.95. The summed E-state index contributed by atoms with van der Waals surface area (Å²) in [6.07, 6.45) is 1.42. The van der Waals surface area contributed by atoms with Gasteiger partial charge in [0, 0.05) is 37.2 Å². The van der Waals surface area contributed by atoms with Gasteiger partial charge in [-0.3, -0.25) is 4.79 Å². The number of amides is 1. The van der Waals surface area contributed by atoms with Crippen molar-refractivity contribution in [2.24, 2.45) is 0 Å². The van der Waals surface area contributed by atoms with E-state index in [9.17, 15) is 17.6 Å². The minimum absolute atomic E-state index is 0.0145. The van der Waals surface area contributed by atoms with Gasteiger partial charge in [-0.05, 0) is 31.0 Å². The Bertz CT molecular complexity index is 723. The third kappa shape index (κ3) is 3.56. The molecule has 0 spiro atoms. The summed E-state index contributed by atoms with van der Waals surface area (Å²) in [5.74, 6) is -0.703. The van der Waals surface area contributed by atoms with E-state index in [4.69, 9.17) is 11.6 Å². The van der Waals surface area contributed by atoms with Gasteiger partial charge in [0.25, 0.3) is 0 Å². The van der Waals surface area contributed by atoms with Crippen molar-refractivity contribution in [2.45, 2.75) is 23.8 Å². The maximum atomic E-state index is 13.5. The molecule has 0 bridgehead atoms. The highest BCUT2D eigenvalue weighted by Gasteiger charge is 2.35. The molecule has 9 heteroatoms. The number of sulfonamides is 1. The van der Waals surface area contributed by atoms with Gasteiger partial charge in [-0.15, -0.1) is 0 Å². The van der Waals surface area contributed by atoms with Gasteiger partial charge in [-0.1, -0.05) is 11.6 Å². The fraction of sp³-hybridized carbons (Fsp3) is 0.533. The molecule has 2 saturated heterocycles. The summed E-state index contributed by atoms with van der Waals surface area (Å²) >= 11 is 5.78. The molecule has 0 aliphatic carbocycles. The van der Waals surface area contributed by atoms with Crippen LogP contribution >= 0.6 is 11.6 Å². The Morgan fingerprint density at radius 2 is 2.04 bits per heavy atom.